The monoisotopic (exact) mass is 311 g/mol. The highest BCUT2D eigenvalue weighted by atomic mass is 35.5. The van der Waals surface area contributed by atoms with Crippen LogP contribution in [0.1, 0.15) is 30.1 Å². The summed E-state index contributed by atoms with van der Waals surface area (Å²) < 4.78 is 0. The highest BCUT2D eigenvalue weighted by Gasteiger charge is 2.26. The number of rotatable bonds is 4. The number of anilines is 1. The van der Waals surface area contributed by atoms with Crippen molar-refractivity contribution < 1.29 is 9.59 Å². The lowest BCUT2D eigenvalue weighted by Crippen LogP contribution is -2.29. The Labute approximate surface area is 131 Å². The quantitative estimate of drug-likeness (QED) is 0.891. The zero-order valence-corrected chi connectivity index (χ0v) is 13.0. The predicted octanol–water partition coefficient (Wildman–Crippen LogP) is 1.88. The van der Waals surface area contributed by atoms with Crippen LogP contribution < -0.4 is 11.1 Å². The number of halogens is 1. The first-order valence-corrected chi connectivity index (χ1v) is 7.03. The van der Waals surface area contributed by atoms with Gasteiger partial charge < -0.3 is 16.0 Å². The largest absolute Gasteiger partial charge is 0.338 e. The number of carbonyl (C=O) groups excluding carboxylic acids is 2. The Kier molecular flexibility index (Phi) is 6.65. The third-order valence-electron chi connectivity index (χ3n) is 3.62. The molecular weight excluding hydrogens is 290 g/mol. The normalized spacial score (nSPS) is 17.2. The highest BCUT2D eigenvalue weighted by Crippen LogP contribution is 2.19. The van der Waals surface area contributed by atoms with Crippen LogP contribution >= 0.6 is 12.4 Å². The summed E-state index contributed by atoms with van der Waals surface area (Å²) >= 11 is 0. The smallest absolute Gasteiger partial charge is 0.253 e. The minimum atomic E-state index is -0.0565. The molecule has 1 aliphatic rings. The van der Waals surface area contributed by atoms with Crippen molar-refractivity contribution in [2.45, 2.75) is 19.8 Å². The molecular formula is C15H22ClN3O2. The zero-order chi connectivity index (χ0) is 14.5. The van der Waals surface area contributed by atoms with Crippen LogP contribution in [-0.2, 0) is 4.79 Å². The molecule has 3 N–H and O–H groups in total. The molecule has 1 atom stereocenters. The van der Waals surface area contributed by atoms with Gasteiger partial charge in [0, 0.05) is 30.8 Å². The molecule has 1 aromatic carbocycles. The molecule has 1 aliphatic heterocycles. The molecule has 1 heterocycles. The second-order valence-electron chi connectivity index (χ2n) is 5.12. The molecule has 0 aromatic heterocycles. The lowest BCUT2D eigenvalue weighted by Gasteiger charge is -2.16. The van der Waals surface area contributed by atoms with Gasteiger partial charge in [-0.25, -0.2) is 0 Å². The number of amides is 2. The molecule has 1 saturated heterocycles. The van der Waals surface area contributed by atoms with Crippen LogP contribution in [0.25, 0.3) is 0 Å². The van der Waals surface area contributed by atoms with E-state index in [1.165, 1.54) is 0 Å². The summed E-state index contributed by atoms with van der Waals surface area (Å²) in [7, 11) is 0. The van der Waals surface area contributed by atoms with Crippen molar-refractivity contribution in [2.75, 3.05) is 25.0 Å². The molecule has 6 heteroatoms. The second-order valence-corrected chi connectivity index (χ2v) is 5.12. The van der Waals surface area contributed by atoms with Gasteiger partial charge in [-0.1, -0.05) is 13.0 Å². The lowest BCUT2D eigenvalue weighted by atomic mass is 10.1. The van der Waals surface area contributed by atoms with Gasteiger partial charge in [0.15, 0.2) is 0 Å². The molecule has 0 aliphatic carbocycles. The van der Waals surface area contributed by atoms with Gasteiger partial charge in [0.1, 0.15) is 0 Å². The molecule has 1 unspecified atom stereocenters. The van der Waals surface area contributed by atoms with E-state index in [0.29, 0.717) is 30.1 Å². The number of hydrogen-bond acceptors (Lipinski definition) is 3. The summed E-state index contributed by atoms with van der Waals surface area (Å²) in [5.41, 5.74) is 6.92. The number of benzene rings is 1. The first-order chi connectivity index (χ1) is 9.63. The van der Waals surface area contributed by atoms with Crippen molar-refractivity contribution in [2.24, 2.45) is 11.7 Å². The Morgan fingerprint density at radius 3 is 2.81 bits per heavy atom. The standard InChI is InChI=1S/C15H21N3O2.ClH/c1-2-14(19)17-13-5-3-4-12(8-13)15(20)18-7-6-11(9-16)10-18;/h3-5,8,11H,2,6-7,9-10,16H2,1H3,(H,17,19);1H. The number of nitrogens with two attached hydrogens (primary N) is 1. The number of likely N-dealkylation sites (tertiary alicyclic amines) is 1. The molecule has 0 radical (unpaired) electrons. The van der Waals surface area contributed by atoms with Gasteiger partial charge >= 0.3 is 0 Å². The molecule has 2 rings (SSSR count). The molecule has 0 bridgehead atoms. The number of hydrogen-bond donors (Lipinski definition) is 2. The Balaban J connectivity index is 0.00000220. The minimum Gasteiger partial charge on any atom is -0.338 e. The highest BCUT2D eigenvalue weighted by molar-refractivity contribution is 5.97. The fourth-order valence-corrected chi connectivity index (χ4v) is 2.37. The Morgan fingerprint density at radius 2 is 2.19 bits per heavy atom. The van der Waals surface area contributed by atoms with Gasteiger partial charge in [-0.2, -0.15) is 0 Å². The zero-order valence-electron chi connectivity index (χ0n) is 12.2. The molecule has 21 heavy (non-hydrogen) atoms. The van der Waals surface area contributed by atoms with Gasteiger partial charge in [0.25, 0.3) is 5.91 Å². The maximum Gasteiger partial charge on any atom is 0.253 e. The van der Waals surface area contributed by atoms with Crippen molar-refractivity contribution in [3.8, 4) is 0 Å². The van der Waals surface area contributed by atoms with E-state index in [0.717, 1.165) is 19.5 Å². The summed E-state index contributed by atoms with van der Waals surface area (Å²) in [6.45, 7) is 3.89. The average Bonchev–Trinajstić information content (AvgIpc) is 2.95. The van der Waals surface area contributed by atoms with E-state index in [1.54, 1.807) is 31.2 Å². The molecule has 1 aromatic rings. The van der Waals surface area contributed by atoms with Crippen LogP contribution in [0.5, 0.6) is 0 Å². The van der Waals surface area contributed by atoms with Crippen molar-refractivity contribution in [3.05, 3.63) is 29.8 Å². The molecule has 0 spiro atoms. The Hall–Kier alpha value is -1.59. The topological polar surface area (TPSA) is 75.4 Å². The fraction of sp³-hybridized carbons (Fsp3) is 0.467. The summed E-state index contributed by atoms with van der Waals surface area (Å²) in [5.74, 6) is 0.356. The van der Waals surface area contributed by atoms with E-state index >= 15 is 0 Å². The molecule has 0 saturated carbocycles. The number of nitrogens with one attached hydrogen (secondary N) is 1. The van der Waals surface area contributed by atoms with Crippen molar-refractivity contribution >= 4 is 29.9 Å². The van der Waals surface area contributed by atoms with Crippen LogP contribution in [0.3, 0.4) is 0 Å². The molecule has 2 amide bonds. The van der Waals surface area contributed by atoms with Gasteiger partial charge in [0.2, 0.25) is 5.91 Å². The van der Waals surface area contributed by atoms with Gasteiger partial charge in [-0.3, -0.25) is 9.59 Å². The van der Waals surface area contributed by atoms with E-state index in [1.807, 2.05) is 4.90 Å². The van der Waals surface area contributed by atoms with Crippen molar-refractivity contribution in [1.82, 2.24) is 4.90 Å². The van der Waals surface area contributed by atoms with Crippen molar-refractivity contribution in [3.63, 3.8) is 0 Å². The maximum atomic E-state index is 12.4. The van der Waals surface area contributed by atoms with Crippen molar-refractivity contribution in [1.29, 1.82) is 0 Å². The first kappa shape index (κ1) is 17.5. The lowest BCUT2D eigenvalue weighted by molar-refractivity contribution is -0.115. The maximum absolute atomic E-state index is 12.4. The second kappa shape index (κ2) is 8.00. The van der Waals surface area contributed by atoms with Crippen LogP contribution in [0.15, 0.2) is 24.3 Å². The van der Waals surface area contributed by atoms with Gasteiger partial charge in [0.05, 0.1) is 0 Å². The SMILES string of the molecule is CCC(=O)Nc1cccc(C(=O)N2CCC(CN)C2)c1.Cl. The summed E-state index contributed by atoms with van der Waals surface area (Å²) in [6, 6.07) is 7.08. The van der Waals surface area contributed by atoms with E-state index < -0.39 is 0 Å². The summed E-state index contributed by atoms with van der Waals surface area (Å²) in [4.78, 5) is 25.6. The first-order valence-electron chi connectivity index (χ1n) is 7.03. The third kappa shape index (κ3) is 4.44. The van der Waals surface area contributed by atoms with Gasteiger partial charge in [-0.05, 0) is 37.1 Å². The van der Waals surface area contributed by atoms with Crippen LogP contribution in [-0.4, -0.2) is 36.3 Å². The Bertz CT molecular complexity index is 507. The van der Waals surface area contributed by atoms with Gasteiger partial charge in [-0.15, -0.1) is 12.4 Å². The van der Waals surface area contributed by atoms with Crippen LogP contribution in [0.2, 0.25) is 0 Å². The molecule has 116 valence electrons. The minimum absolute atomic E-state index is 0. The van der Waals surface area contributed by atoms with Crippen LogP contribution in [0.4, 0.5) is 5.69 Å². The predicted molar refractivity (Wildman–Crippen MR) is 85.7 cm³/mol. The number of nitrogens with zero attached hydrogens (tertiary/aromatic N) is 1. The summed E-state index contributed by atoms with van der Waals surface area (Å²) in [5, 5.41) is 2.77. The molecule has 5 nitrogen and oxygen atoms in total. The van der Waals surface area contributed by atoms with Crippen LogP contribution in [0, 0.1) is 5.92 Å². The van der Waals surface area contributed by atoms with E-state index in [4.69, 9.17) is 5.73 Å². The Morgan fingerprint density at radius 1 is 1.43 bits per heavy atom. The van der Waals surface area contributed by atoms with E-state index in [9.17, 15) is 9.59 Å². The average molecular weight is 312 g/mol. The van der Waals surface area contributed by atoms with E-state index in [2.05, 4.69) is 5.32 Å². The molecule has 1 fully saturated rings. The van der Waals surface area contributed by atoms with E-state index in [-0.39, 0.29) is 24.2 Å². The number of carbonyl (C=O) groups is 2. The fourth-order valence-electron chi connectivity index (χ4n) is 2.37. The summed E-state index contributed by atoms with van der Waals surface area (Å²) in [6.07, 6.45) is 1.39. The third-order valence-corrected chi connectivity index (χ3v) is 3.62.